The number of ether oxygens (including phenoxy) is 1. The Labute approximate surface area is 256 Å². The first-order valence-corrected chi connectivity index (χ1v) is 15.4. The third kappa shape index (κ3) is 7.09. The minimum atomic E-state index is -4.41. The van der Waals surface area contributed by atoms with Gasteiger partial charge in [0.25, 0.3) is 21.9 Å². The lowest BCUT2D eigenvalue weighted by atomic mass is 9.83. The van der Waals surface area contributed by atoms with Gasteiger partial charge in [-0.3, -0.25) is 4.79 Å². The van der Waals surface area contributed by atoms with Crippen molar-refractivity contribution in [3.05, 3.63) is 53.2 Å². The summed E-state index contributed by atoms with van der Waals surface area (Å²) in [4.78, 5) is 19.6. The fourth-order valence-corrected chi connectivity index (χ4v) is 6.16. The van der Waals surface area contributed by atoms with Crippen LogP contribution in [-0.4, -0.2) is 78.2 Å². The number of allylic oxidation sites excluding steroid dienone is 2. The number of hydrogen-bond donors (Lipinski definition) is 4. The number of hydrogen-bond acceptors (Lipinski definition) is 10. The van der Waals surface area contributed by atoms with Crippen molar-refractivity contribution in [3.63, 3.8) is 0 Å². The van der Waals surface area contributed by atoms with E-state index in [1.807, 2.05) is 23.5 Å². The molecule has 44 heavy (non-hydrogen) atoms. The molecule has 1 amide bonds. The van der Waals surface area contributed by atoms with Crippen molar-refractivity contribution in [2.75, 3.05) is 31.7 Å². The number of nitrogens with one attached hydrogen (secondary N) is 3. The molecule has 1 unspecified atom stereocenters. The molecule has 1 atom stereocenters. The molecule has 4 N–H and O–H groups in total. The Balaban J connectivity index is 2.01. The third-order valence-corrected chi connectivity index (χ3v) is 8.96. The number of halogens is 2. The summed E-state index contributed by atoms with van der Waals surface area (Å²) in [6, 6.07) is 4.35. The van der Waals surface area contributed by atoms with Crippen LogP contribution in [0.1, 0.15) is 58.3 Å². The number of alkyl halides is 2. The molecule has 1 fully saturated rings. The summed E-state index contributed by atoms with van der Waals surface area (Å²) < 4.78 is 64.2. The largest absolute Gasteiger partial charge is 0.476 e. The monoisotopic (exact) mass is 637 g/mol. The predicted molar refractivity (Wildman–Crippen MR) is 164 cm³/mol. The van der Waals surface area contributed by atoms with Gasteiger partial charge in [-0.2, -0.15) is 0 Å². The molecule has 242 valence electrons. The van der Waals surface area contributed by atoms with Crippen molar-refractivity contribution in [1.82, 2.24) is 24.8 Å². The van der Waals surface area contributed by atoms with E-state index in [0.29, 0.717) is 13.0 Å². The lowest BCUT2D eigenvalue weighted by Gasteiger charge is -2.34. The van der Waals surface area contributed by atoms with Gasteiger partial charge in [0.05, 0.1) is 16.7 Å². The number of amides is 1. The zero-order chi connectivity index (χ0) is 33.3. The molecule has 1 aliphatic rings. The average Bonchev–Trinajstić information content (AvgIpc) is 3.53. The summed E-state index contributed by atoms with van der Waals surface area (Å²) in [7, 11) is -2.94. The van der Waals surface area contributed by atoms with Gasteiger partial charge < -0.3 is 25.5 Å². The first-order chi connectivity index (χ1) is 20.3. The van der Waals surface area contributed by atoms with Crippen molar-refractivity contribution in [3.8, 4) is 11.7 Å². The Morgan fingerprint density at radius 2 is 1.95 bits per heavy atom. The fraction of sp³-hybridized carbons (Fsp3) is 0.517. The first-order valence-electron chi connectivity index (χ1n) is 13.9. The van der Waals surface area contributed by atoms with Crippen molar-refractivity contribution in [2.45, 2.75) is 59.4 Å². The van der Waals surface area contributed by atoms with Crippen LogP contribution < -0.4 is 19.7 Å². The van der Waals surface area contributed by atoms with E-state index in [1.54, 1.807) is 0 Å². The Morgan fingerprint density at radius 3 is 2.50 bits per heavy atom. The number of aliphatic hydroxyl groups is 1. The van der Waals surface area contributed by atoms with E-state index in [9.17, 15) is 27.1 Å². The molecule has 2 aromatic heterocycles. The van der Waals surface area contributed by atoms with Crippen molar-refractivity contribution in [1.29, 1.82) is 5.41 Å². The molecule has 3 rings (SSSR count). The van der Waals surface area contributed by atoms with E-state index in [0.717, 1.165) is 6.20 Å². The first kappa shape index (κ1) is 34.6. The van der Waals surface area contributed by atoms with Gasteiger partial charge in [0.1, 0.15) is 17.3 Å². The fourth-order valence-electron chi connectivity index (χ4n) is 5.02. The Morgan fingerprint density at radius 1 is 1.30 bits per heavy atom. The van der Waals surface area contributed by atoms with E-state index < -0.39 is 37.7 Å². The summed E-state index contributed by atoms with van der Waals surface area (Å²) in [5.41, 5.74) is -2.73. The van der Waals surface area contributed by atoms with Gasteiger partial charge in [0.2, 0.25) is 5.88 Å². The van der Waals surface area contributed by atoms with Crippen molar-refractivity contribution < 1.29 is 31.8 Å². The number of pyridine rings is 1. The smallest absolute Gasteiger partial charge is 0.277 e. The summed E-state index contributed by atoms with van der Waals surface area (Å²) >= 11 is 0. The maximum absolute atomic E-state index is 14.6. The van der Waals surface area contributed by atoms with E-state index in [-0.39, 0.29) is 53.5 Å². The van der Waals surface area contributed by atoms with Crippen LogP contribution in [0.25, 0.3) is 5.82 Å². The normalized spacial score (nSPS) is 17.4. The molecule has 0 aromatic carbocycles. The topological polar surface area (TPSA) is 163 Å². The second-order valence-corrected chi connectivity index (χ2v) is 13.8. The van der Waals surface area contributed by atoms with Crippen molar-refractivity contribution >= 4 is 27.5 Å². The summed E-state index contributed by atoms with van der Waals surface area (Å²) in [5.74, 6) is -3.79. The van der Waals surface area contributed by atoms with Crippen LogP contribution in [0.4, 0.5) is 14.6 Å². The SMILES string of the molecule is C=C(C)C(F)(F)C(C)(C)COc1ccn(-c2ccc(C(=O)NS(=O)(=O)/C(=C/NC)C(C)=N)c(N3CC(CO)CC3(C)C)n2)n1. The predicted octanol–water partition coefficient (Wildman–Crippen LogP) is 3.64. The average molecular weight is 638 g/mol. The standard InChI is InChI=1S/C29H41F2N7O5S/c1-18(2)29(30,31)27(4,5)17-43-24-11-12-38(35-24)23-10-9-21(25(34-23)37-15-20(16-39)13-28(37,6)7)26(40)36-44(41,42)22(14-33-8)19(3)32/h9-12,14,20,32-33,39H,1,13,15-17H2,2-8H3,(H,36,40)/b22-14+,32-19?. The highest BCUT2D eigenvalue weighted by molar-refractivity contribution is 7.94. The maximum Gasteiger partial charge on any atom is 0.277 e. The molecule has 0 spiro atoms. The number of nitrogens with zero attached hydrogens (tertiary/aromatic N) is 4. The van der Waals surface area contributed by atoms with Crippen LogP contribution in [0.3, 0.4) is 0 Å². The van der Waals surface area contributed by atoms with Gasteiger partial charge in [0.15, 0.2) is 5.82 Å². The second kappa shape index (κ2) is 12.6. The molecule has 1 saturated heterocycles. The van der Waals surface area contributed by atoms with Gasteiger partial charge in [-0.25, -0.2) is 31.6 Å². The molecular formula is C29H41F2N7O5S. The van der Waals surface area contributed by atoms with Crippen LogP contribution in [0.15, 0.2) is 47.7 Å². The molecule has 2 aromatic rings. The number of carbonyl (C=O) groups is 1. The number of aromatic nitrogens is 3. The number of rotatable bonds is 13. The zero-order valence-electron chi connectivity index (χ0n) is 26.0. The van der Waals surface area contributed by atoms with E-state index >= 15 is 0 Å². The highest BCUT2D eigenvalue weighted by atomic mass is 32.2. The lowest BCUT2D eigenvalue weighted by molar-refractivity contribution is -0.0899. The van der Waals surface area contributed by atoms with Gasteiger partial charge >= 0.3 is 0 Å². The molecule has 1 aliphatic heterocycles. The number of sulfonamides is 1. The van der Waals surface area contributed by atoms with E-state index in [1.165, 1.54) is 63.8 Å². The zero-order valence-corrected chi connectivity index (χ0v) is 26.8. The molecule has 15 heteroatoms. The maximum atomic E-state index is 14.6. The summed E-state index contributed by atoms with van der Waals surface area (Å²) in [6.07, 6.45) is 3.21. The Bertz CT molecular complexity index is 1570. The Hall–Kier alpha value is -3.85. The Kier molecular flexibility index (Phi) is 9.95. The van der Waals surface area contributed by atoms with Crippen LogP contribution in [0.2, 0.25) is 0 Å². The second-order valence-electron chi connectivity index (χ2n) is 12.2. The quantitative estimate of drug-likeness (QED) is 0.190. The molecule has 0 saturated carbocycles. The van der Waals surface area contributed by atoms with E-state index in [2.05, 4.69) is 22.0 Å². The van der Waals surface area contributed by atoms with Crippen molar-refractivity contribution in [2.24, 2.45) is 11.3 Å². The van der Waals surface area contributed by atoms with Gasteiger partial charge in [-0.05, 0) is 51.8 Å². The molecular weight excluding hydrogens is 596 g/mol. The van der Waals surface area contributed by atoms with Gasteiger partial charge in [0, 0.05) is 50.1 Å². The minimum absolute atomic E-state index is 0.0529. The van der Waals surface area contributed by atoms with E-state index in [4.69, 9.17) is 10.1 Å². The number of aliphatic hydroxyl groups excluding tert-OH is 1. The minimum Gasteiger partial charge on any atom is -0.476 e. The third-order valence-electron chi connectivity index (χ3n) is 7.51. The molecule has 0 aliphatic carbocycles. The molecule has 0 radical (unpaired) electrons. The summed E-state index contributed by atoms with van der Waals surface area (Å²) in [6.45, 7) is 12.4. The number of carbonyl (C=O) groups excluding carboxylic acids is 1. The highest BCUT2D eigenvalue weighted by Gasteiger charge is 2.48. The highest BCUT2D eigenvalue weighted by Crippen LogP contribution is 2.41. The molecule has 12 nitrogen and oxygen atoms in total. The van der Waals surface area contributed by atoms with Crippen LogP contribution in [-0.2, 0) is 10.0 Å². The van der Waals surface area contributed by atoms with Gasteiger partial charge in [-0.15, -0.1) is 5.10 Å². The van der Waals surface area contributed by atoms with Crippen LogP contribution >= 0.6 is 0 Å². The van der Waals surface area contributed by atoms with Crippen LogP contribution in [0, 0.1) is 16.7 Å². The lowest BCUT2D eigenvalue weighted by Crippen LogP contribution is -2.41. The molecule has 0 bridgehead atoms. The summed E-state index contributed by atoms with van der Waals surface area (Å²) in [5, 5.41) is 24.6. The number of anilines is 1. The van der Waals surface area contributed by atoms with Crippen LogP contribution in [0.5, 0.6) is 5.88 Å². The van der Waals surface area contributed by atoms with Gasteiger partial charge in [-0.1, -0.05) is 20.4 Å². The molecule has 3 heterocycles.